The van der Waals surface area contributed by atoms with Crippen molar-refractivity contribution >= 4 is 69.7 Å². The molecule has 0 atom stereocenters. The maximum Gasteiger partial charge on any atom is 0.137 e. The third kappa shape index (κ3) is 2.89. The van der Waals surface area contributed by atoms with E-state index in [0.29, 0.717) is 0 Å². The van der Waals surface area contributed by atoms with Crippen molar-refractivity contribution in [1.29, 1.82) is 0 Å². The molecule has 0 fully saturated rings. The molecular weight excluding hydrogens is 494 g/mol. The number of benzene rings is 5. The molecule has 0 amide bonds. The van der Waals surface area contributed by atoms with Gasteiger partial charge in [-0.1, -0.05) is 78.9 Å². The van der Waals surface area contributed by atoms with E-state index >= 15 is 0 Å². The van der Waals surface area contributed by atoms with Crippen molar-refractivity contribution in [3.63, 3.8) is 0 Å². The highest BCUT2D eigenvalue weighted by Gasteiger charge is 2.21. The average molecular weight is 516 g/mol. The number of nitrogens with zero attached hydrogens (tertiary/aromatic N) is 3. The van der Waals surface area contributed by atoms with Gasteiger partial charge in [-0.2, -0.15) is 0 Å². The molecule has 0 aliphatic carbocycles. The van der Waals surface area contributed by atoms with Crippen molar-refractivity contribution < 1.29 is 0 Å². The number of pyridine rings is 1. The minimum atomic E-state index is 0.956. The van der Waals surface area contributed by atoms with Gasteiger partial charge in [-0.15, -0.1) is 11.3 Å². The summed E-state index contributed by atoms with van der Waals surface area (Å²) in [5, 5.41) is 7.92. The van der Waals surface area contributed by atoms with Crippen LogP contribution in [0, 0.1) is 0 Å². The lowest BCUT2D eigenvalue weighted by molar-refractivity contribution is 1.19. The topological polar surface area (TPSA) is 22.2 Å². The molecule has 0 radical (unpaired) electrons. The summed E-state index contributed by atoms with van der Waals surface area (Å²) >= 11 is 1.90. The number of para-hydroxylation sites is 1. The molecule has 0 spiro atoms. The molecule has 0 saturated heterocycles. The Hall–Kier alpha value is -4.93. The number of imidazole rings is 1. The second kappa shape index (κ2) is 7.79. The minimum Gasteiger partial charge on any atom is -0.308 e. The van der Waals surface area contributed by atoms with E-state index in [2.05, 4.69) is 112 Å². The maximum atomic E-state index is 4.83. The number of thiophene rings is 1. The predicted molar refractivity (Wildman–Crippen MR) is 165 cm³/mol. The molecule has 9 aromatic rings. The first-order valence-corrected chi connectivity index (χ1v) is 14.0. The largest absolute Gasteiger partial charge is 0.308 e. The molecule has 39 heavy (non-hydrogen) atoms. The molecule has 4 heteroatoms. The number of rotatable bonds is 2. The first-order chi connectivity index (χ1) is 19.3. The van der Waals surface area contributed by atoms with E-state index in [1.54, 1.807) is 0 Å². The molecule has 0 aliphatic rings. The predicted octanol–water partition coefficient (Wildman–Crippen LogP) is 9.62. The highest BCUT2D eigenvalue weighted by molar-refractivity contribution is 7.27. The van der Waals surface area contributed by atoms with Crippen LogP contribution >= 0.6 is 11.3 Å². The van der Waals surface area contributed by atoms with Crippen LogP contribution in [-0.4, -0.2) is 14.0 Å². The summed E-state index contributed by atoms with van der Waals surface area (Å²) in [6.07, 6.45) is 4.14. The van der Waals surface area contributed by atoms with Crippen LogP contribution in [0.1, 0.15) is 0 Å². The fraction of sp³-hybridized carbons (Fsp3) is 0. The monoisotopic (exact) mass is 515 g/mol. The number of hydrogen-bond acceptors (Lipinski definition) is 2. The molecule has 0 saturated carbocycles. The lowest BCUT2D eigenvalue weighted by Gasteiger charge is -2.11. The Bertz CT molecular complexity index is 2350. The quantitative estimate of drug-likeness (QED) is 0.225. The molecule has 182 valence electrons. The van der Waals surface area contributed by atoms with Crippen LogP contribution in [0.4, 0.5) is 0 Å². The van der Waals surface area contributed by atoms with Gasteiger partial charge < -0.3 is 8.97 Å². The Morgan fingerprint density at radius 1 is 0.590 bits per heavy atom. The summed E-state index contributed by atoms with van der Waals surface area (Å²) in [6, 6.07) is 41.5. The SMILES string of the molecule is c1ccc2c(c1)sc1c2c2ccccc2c2c3ccccc3n(-c3ccc(-c4cn5ccccc5n4)cc3)c12. The van der Waals surface area contributed by atoms with Crippen LogP contribution in [-0.2, 0) is 0 Å². The van der Waals surface area contributed by atoms with E-state index in [0.717, 1.165) is 22.6 Å². The highest BCUT2D eigenvalue weighted by atomic mass is 32.1. The van der Waals surface area contributed by atoms with Gasteiger partial charge in [0.2, 0.25) is 0 Å². The average Bonchev–Trinajstić information content (AvgIpc) is 3.69. The van der Waals surface area contributed by atoms with E-state index < -0.39 is 0 Å². The van der Waals surface area contributed by atoms with Crippen LogP contribution in [0.2, 0.25) is 0 Å². The highest BCUT2D eigenvalue weighted by Crippen LogP contribution is 2.47. The molecule has 5 aromatic carbocycles. The number of hydrogen-bond donors (Lipinski definition) is 0. The molecule has 4 aromatic heterocycles. The van der Waals surface area contributed by atoms with Crippen molar-refractivity contribution in [2.45, 2.75) is 0 Å². The third-order valence-electron chi connectivity index (χ3n) is 7.94. The van der Waals surface area contributed by atoms with Gasteiger partial charge in [0.05, 0.1) is 21.4 Å². The Morgan fingerprint density at radius 3 is 2.10 bits per heavy atom. The fourth-order valence-electron chi connectivity index (χ4n) is 6.25. The van der Waals surface area contributed by atoms with Gasteiger partial charge in [0.15, 0.2) is 0 Å². The Balaban J connectivity index is 1.39. The zero-order valence-corrected chi connectivity index (χ0v) is 21.7. The van der Waals surface area contributed by atoms with Gasteiger partial charge >= 0.3 is 0 Å². The van der Waals surface area contributed by atoms with Gasteiger partial charge in [-0.3, -0.25) is 0 Å². The summed E-state index contributed by atoms with van der Waals surface area (Å²) in [5.41, 5.74) is 6.71. The van der Waals surface area contributed by atoms with Crippen LogP contribution in [0.25, 0.3) is 75.3 Å². The molecule has 0 bridgehead atoms. The van der Waals surface area contributed by atoms with Crippen molar-refractivity contribution in [2.24, 2.45) is 0 Å². The summed E-state index contributed by atoms with van der Waals surface area (Å²) in [4.78, 5) is 4.83. The van der Waals surface area contributed by atoms with Gasteiger partial charge in [0.25, 0.3) is 0 Å². The second-order valence-corrected chi connectivity index (χ2v) is 11.1. The van der Waals surface area contributed by atoms with Crippen LogP contribution < -0.4 is 0 Å². The van der Waals surface area contributed by atoms with Gasteiger partial charge in [-0.05, 0) is 47.2 Å². The maximum absolute atomic E-state index is 4.83. The minimum absolute atomic E-state index is 0.956. The van der Waals surface area contributed by atoms with Crippen LogP contribution in [0.15, 0.2) is 128 Å². The second-order valence-electron chi connectivity index (χ2n) is 10.1. The third-order valence-corrected chi connectivity index (χ3v) is 9.11. The zero-order valence-electron chi connectivity index (χ0n) is 20.9. The fourth-order valence-corrected chi connectivity index (χ4v) is 7.51. The van der Waals surface area contributed by atoms with E-state index in [9.17, 15) is 0 Å². The number of aromatic nitrogens is 3. The smallest absolute Gasteiger partial charge is 0.137 e. The Labute approximate surface area is 227 Å². The lowest BCUT2D eigenvalue weighted by atomic mass is 9.99. The van der Waals surface area contributed by atoms with E-state index in [-0.39, 0.29) is 0 Å². The number of fused-ring (bicyclic) bond motifs is 11. The molecule has 0 unspecified atom stereocenters. The van der Waals surface area contributed by atoms with E-state index in [1.807, 2.05) is 35.7 Å². The van der Waals surface area contributed by atoms with E-state index in [4.69, 9.17) is 4.98 Å². The first-order valence-electron chi connectivity index (χ1n) is 13.1. The molecular formula is C35H21N3S. The Morgan fingerprint density at radius 2 is 1.28 bits per heavy atom. The standard InChI is InChI=1S/C35H21N3S/c1-2-10-25-24(9-1)32-26-11-3-5-13-29(26)38(34(32)35-33(25)27-12-4-6-14-30(27)39-35)23-18-16-22(17-19-23)28-21-37-20-8-7-15-31(37)36-28/h1-21H. The summed E-state index contributed by atoms with van der Waals surface area (Å²) in [5.74, 6) is 0. The summed E-state index contributed by atoms with van der Waals surface area (Å²) in [6.45, 7) is 0. The van der Waals surface area contributed by atoms with Crippen molar-refractivity contribution in [2.75, 3.05) is 0 Å². The van der Waals surface area contributed by atoms with Crippen molar-refractivity contribution in [3.05, 3.63) is 128 Å². The van der Waals surface area contributed by atoms with Crippen LogP contribution in [0.5, 0.6) is 0 Å². The summed E-state index contributed by atoms with van der Waals surface area (Å²) in [7, 11) is 0. The summed E-state index contributed by atoms with van der Waals surface area (Å²) < 4.78 is 7.19. The van der Waals surface area contributed by atoms with Crippen LogP contribution in [0.3, 0.4) is 0 Å². The van der Waals surface area contributed by atoms with E-state index in [1.165, 1.54) is 52.8 Å². The normalized spacial score (nSPS) is 12.1. The van der Waals surface area contributed by atoms with Crippen molar-refractivity contribution in [3.8, 4) is 16.9 Å². The zero-order chi connectivity index (χ0) is 25.5. The molecule has 3 nitrogen and oxygen atoms in total. The van der Waals surface area contributed by atoms with Crippen molar-refractivity contribution in [1.82, 2.24) is 14.0 Å². The Kier molecular flexibility index (Phi) is 4.21. The van der Waals surface area contributed by atoms with Gasteiger partial charge in [0, 0.05) is 49.9 Å². The molecule has 4 heterocycles. The molecule has 9 rings (SSSR count). The van der Waals surface area contributed by atoms with Gasteiger partial charge in [0.1, 0.15) is 5.65 Å². The lowest BCUT2D eigenvalue weighted by Crippen LogP contribution is -1.94. The molecule has 0 aliphatic heterocycles. The van der Waals surface area contributed by atoms with Gasteiger partial charge in [-0.25, -0.2) is 4.98 Å². The molecule has 0 N–H and O–H groups in total. The first kappa shape index (κ1) is 21.1.